The summed E-state index contributed by atoms with van der Waals surface area (Å²) in [5, 5.41) is -0.115. The van der Waals surface area contributed by atoms with Crippen LogP contribution in [0.15, 0.2) is 48.6 Å². The predicted molar refractivity (Wildman–Crippen MR) is 207 cm³/mol. The van der Waals surface area contributed by atoms with E-state index in [0.717, 1.165) is 69.5 Å². The van der Waals surface area contributed by atoms with Gasteiger partial charge in [-0.3, -0.25) is 14.5 Å². The largest absolute Gasteiger partial charge is 0.487 e. The van der Waals surface area contributed by atoms with Gasteiger partial charge in [-0.2, -0.15) is 0 Å². The topological polar surface area (TPSA) is 118 Å². The van der Waals surface area contributed by atoms with Gasteiger partial charge in [-0.15, -0.1) is 0 Å². The second-order valence-electron chi connectivity index (χ2n) is 15.3. The molecule has 290 valence electrons. The molecule has 0 spiro atoms. The van der Waals surface area contributed by atoms with E-state index >= 15 is 0 Å². The summed E-state index contributed by atoms with van der Waals surface area (Å²) in [6.07, 6.45) is 9.52. The SMILES string of the molecule is COCC(=O)N1CCN(CC2(OC)/C=C/C[C@H](C)[C@@H](C)S(=O)(=O)NC(=O)c3ccc4c(c3)N(CCCCc3cc(Cl)ccc3CO4)C[C@@H]3CC[C@H]32)CC1. The molecular weight excluding hydrogens is 716 g/mol. The van der Waals surface area contributed by atoms with Gasteiger partial charge in [-0.05, 0) is 105 Å². The van der Waals surface area contributed by atoms with Crippen molar-refractivity contribution in [3.8, 4) is 5.75 Å². The predicted octanol–water partition coefficient (Wildman–Crippen LogP) is 5.31. The molecule has 3 heterocycles. The maximum atomic E-state index is 13.6. The van der Waals surface area contributed by atoms with Gasteiger partial charge in [0, 0.05) is 70.6 Å². The molecule has 1 saturated carbocycles. The Labute approximate surface area is 320 Å². The fourth-order valence-corrected chi connectivity index (χ4v) is 9.83. The Morgan fingerprint density at radius 3 is 2.53 bits per heavy atom. The van der Waals surface area contributed by atoms with E-state index in [4.69, 9.17) is 25.8 Å². The van der Waals surface area contributed by atoms with Crippen molar-refractivity contribution >= 4 is 39.1 Å². The summed E-state index contributed by atoms with van der Waals surface area (Å²) in [4.78, 5) is 32.7. The Morgan fingerprint density at radius 1 is 1.02 bits per heavy atom. The second-order valence-corrected chi connectivity index (χ2v) is 17.8. The van der Waals surface area contributed by atoms with Gasteiger partial charge in [0.1, 0.15) is 24.6 Å². The molecule has 0 radical (unpaired) electrons. The number of carbonyl (C=O) groups excluding carboxylic acids is 2. The molecule has 3 aliphatic heterocycles. The number of amides is 2. The number of nitrogens with zero attached hydrogens (tertiary/aromatic N) is 3. The lowest BCUT2D eigenvalue weighted by Gasteiger charge is -2.52. The number of allylic oxidation sites excluding steroid dienone is 1. The van der Waals surface area contributed by atoms with Crippen LogP contribution in [0.2, 0.25) is 5.02 Å². The first-order valence-electron chi connectivity index (χ1n) is 19.0. The minimum absolute atomic E-state index is 0.00192. The molecule has 4 aliphatic rings. The summed E-state index contributed by atoms with van der Waals surface area (Å²) in [6.45, 7) is 8.82. The van der Waals surface area contributed by atoms with E-state index < -0.39 is 26.8 Å². The number of fused-ring (bicyclic) bond motifs is 3. The Balaban J connectivity index is 1.35. The van der Waals surface area contributed by atoms with Crippen molar-refractivity contribution in [3.63, 3.8) is 0 Å². The van der Waals surface area contributed by atoms with Gasteiger partial charge >= 0.3 is 0 Å². The lowest BCUT2D eigenvalue weighted by Crippen LogP contribution is -2.59. The van der Waals surface area contributed by atoms with Crippen LogP contribution in [0.25, 0.3) is 0 Å². The molecule has 1 aliphatic carbocycles. The number of anilines is 1. The van der Waals surface area contributed by atoms with E-state index in [1.165, 1.54) is 5.56 Å². The number of hydrogen-bond acceptors (Lipinski definition) is 9. The summed E-state index contributed by atoms with van der Waals surface area (Å²) < 4.78 is 47.7. The third kappa shape index (κ3) is 9.05. The number of rotatable bonds is 5. The molecule has 2 fully saturated rings. The van der Waals surface area contributed by atoms with Crippen LogP contribution < -0.4 is 14.4 Å². The number of ether oxygens (including phenoxy) is 3. The van der Waals surface area contributed by atoms with E-state index in [9.17, 15) is 18.0 Å². The van der Waals surface area contributed by atoms with Crippen LogP contribution in [-0.2, 0) is 37.3 Å². The average molecular weight is 771 g/mol. The van der Waals surface area contributed by atoms with E-state index in [1.807, 2.05) is 30.0 Å². The number of nitrogens with one attached hydrogen (secondary N) is 1. The van der Waals surface area contributed by atoms with Crippen LogP contribution in [0, 0.1) is 17.8 Å². The molecule has 53 heavy (non-hydrogen) atoms. The van der Waals surface area contributed by atoms with Gasteiger partial charge in [0.05, 0.1) is 10.9 Å². The highest BCUT2D eigenvalue weighted by Crippen LogP contribution is 2.47. The van der Waals surface area contributed by atoms with Crippen LogP contribution in [0.3, 0.4) is 0 Å². The van der Waals surface area contributed by atoms with Crippen LogP contribution in [-0.4, -0.2) is 108 Å². The molecule has 6 rings (SSSR count). The Bertz CT molecular complexity index is 1760. The van der Waals surface area contributed by atoms with Crippen LogP contribution in [0.1, 0.15) is 67.4 Å². The summed E-state index contributed by atoms with van der Waals surface area (Å²) in [7, 11) is -0.660. The number of benzene rings is 2. The van der Waals surface area contributed by atoms with Crippen molar-refractivity contribution in [1.29, 1.82) is 0 Å². The summed E-state index contributed by atoms with van der Waals surface area (Å²) in [6, 6.07) is 11.2. The number of methoxy groups -OCH3 is 2. The summed E-state index contributed by atoms with van der Waals surface area (Å²) in [5.41, 5.74) is 2.67. The third-order valence-electron chi connectivity index (χ3n) is 12.0. The fourth-order valence-electron chi connectivity index (χ4n) is 8.35. The van der Waals surface area contributed by atoms with Crippen LogP contribution in [0.5, 0.6) is 5.75 Å². The Morgan fingerprint density at radius 2 is 1.81 bits per heavy atom. The van der Waals surface area contributed by atoms with E-state index in [-0.39, 0.29) is 29.9 Å². The summed E-state index contributed by atoms with van der Waals surface area (Å²) in [5.74, 6) is 0.224. The lowest BCUT2D eigenvalue weighted by atomic mass is 9.63. The number of carbonyl (C=O) groups is 2. The van der Waals surface area contributed by atoms with Crippen LogP contribution >= 0.6 is 11.6 Å². The fraction of sp³-hybridized carbons (Fsp3) is 0.600. The molecule has 1 N–H and O–H groups in total. The molecule has 2 amide bonds. The zero-order chi connectivity index (χ0) is 37.8. The molecule has 5 atom stereocenters. The standard InChI is InChI=1S/C40H55ClN4O7S/c1-28-8-7-16-40(51-4,27-43-18-20-44(21-19-43)38(46)26-50-3)35-14-11-32(35)24-45-17-6-5-9-30-22-34(41)13-10-33(30)25-52-37-15-12-31(23-36(37)45)39(47)42-53(48,49)29(28)2/h7,10,12-13,15-16,22-23,28-29,32,35H,5-6,8-9,11,14,17-21,24-27H2,1-4H3,(H,42,47)/b16-7+/t28-,29+,32-,35+,40?/m0/s1. The zero-order valence-corrected chi connectivity index (χ0v) is 33.1. The smallest absolute Gasteiger partial charge is 0.264 e. The van der Waals surface area contributed by atoms with Crippen molar-refractivity contribution in [1.82, 2.24) is 14.5 Å². The van der Waals surface area contributed by atoms with Gasteiger partial charge in [-0.25, -0.2) is 13.1 Å². The number of halogens is 1. The lowest BCUT2D eigenvalue weighted by molar-refractivity contribution is -0.138. The first-order valence-corrected chi connectivity index (χ1v) is 20.9. The van der Waals surface area contributed by atoms with E-state index in [2.05, 4.69) is 26.7 Å². The number of aryl methyl sites for hydroxylation is 1. The molecule has 1 saturated heterocycles. The molecule has 2 aromatic carbocycles. The molecule has 2 bridgehead atoms. The van der Waals surface area contributed by atoms with Crippen molar-refractivity contribution in [2.45, 2.75) is 69.8 Å². The van der Waals surface area contributed by atoms with Gasteiger partial charge in [0.2, 0.25) is 15.9 Å². The second kappa shape index (κ2) is 17.1. The normalized spacial score (nSPS) is 29.0. The Kier molecular flexibility index (Phi) is 12.8. The monoisotopic (exact) mass is 770 g/mol. The highest BCUT2D eigenvalue weighted by molar-refractivity contribution is 7.90. The zero-order valence-electron chi connectivity index (χ0n) is 31.5. The van der Waals surface area contributed by atoms with Crippen molar-refractivity contribution < 1.29 is 32.2 Å². The van der Waals surface area contributed by atoms with Gasteiger partial charge < -0.3 is 24.0 Å². The third-order valence-corrected chi connectivity index (χ3v) is 14.2. The van der Waals surface area contributed by atoms with Gasteiger partial charge in [-0.1, -0.05) is 36.7 Å². The number of piperazine rings is 1. The highest BCUT2D eigenvalue weighted by atomic mass is 35.5. The maximum absolute atomic E-state index is 13.6. The molecule has 2 aromatic rings. The van der Waals surface area contributed by atoms with Crippen molar-refractivity contribution in [3.05, 3.63) is 70.3 Å². The first kappa shape index (κ1) is 39.5. The van der Waals surface area contributed by atoms with Gasteiger partial charge in [0.25, 0.3) is 5.91 Å². The molecule has 13 heteroatoms. The molecular formula is C40H55ClN4O7S. The van der Waals surface area contributed by atoms with E-state index in [1.54, 1.807) is 39.3 Å². The van der Waals surface area contributed by atoms with Crippen molar-refractivity contribution in [2.24, 2.45) is 17.8 Å². The molecule has 0 aromatic heterocycles. The Hall–Kier alpha value is -3.16. The minimum atomic E-state index is -3.99. The average Bonchev–Trinajstić information content (AvgIpc) is 3.15. The maximum Gasteiger partial charge on any atom is 0.264 e. The first-order chi connectivity index (χ1) is 25.4. The van der Waals surface area contributed by atoms with Crippen LogP contribution in [0.4, 0.5) is 5.69 Å². The molecule has 11 nitrogen and oxygen atoms in total. The van der Waals surface area contributed by atoms with E-state index in [0.29, 0.717) is 49.4 Å². The summed E-state index contributed by atoms with van der Waals surface area (Å²) >= 11 is 6.39. The molecule has 1 unspecified atom stereocenters. The minimum Gasteiger partial charge on any atom is -0.487 e. The van der Waals surface area contributed by atoms with Gasteiger partial charge in [0.15, 0.2) is 0 Å². The quantitative estimate of drug-likeness (QED) is 0.404. The number of hydrogen-bond donors (Lipinski definition) is 1. The van der Waals surface area contributed by atoms with Crippen molar-refractivity contribution in [2.75, 3.05) is 71.5 Å². The number of sulfonamides is 1. The highest BCUT2D eigenvalue weighted by Gasteiger charge is 2.48.